The van der Waals surface area contributed by atoms with Gasteiger partial charge in [0.25, 0.3) is 0 Å². The van der Waals surface area contributed by atoms with E-state index in [4.69, 9.17) is 9.47 Å². The third kappa shape index (κ3) is 5.53. The van der Waals surface area contributed by atoms with E-state index >= 15 is 0 Å². The Hall–Kier alpha value is -0.340. The topological polar surface area (TPSA) is 18.5 Å². The van der Waals surface area contributed by atoms with Crippen LogP contribution in [0.25, 0.3) is 0 Å². The van der Waals surface area contributed by atoms with Crippen LogP contribution in [0.3, 0.4) is 0 Å². The van der Waals surface area contributed by atoms with Crippen LogP contribution < -0.4 is 0 Å². The van der Waals surface area contributed by atoms with Crippen LogP contribution in [0, 0.1) is 0 Å². The van der Waals surface area contributed by atoms with Crippen molar-refractivity contribution in [1.29, 1.82) is 0 Å². The van der Waals surface area contributed by atoms with Crippen LogP contribution >= 0.6 is 0 Å². The van der Waals surface area contributed by atoms with Gasteiger partial charge in [0.05, 0.1) is 12.7 Å². The van der Waals surface area contributed by atoms with Crippen LogP contribution in [-0.2, 0) is 9.47 Å². The minimum absolute atomic E-state index is 0.195. The fraction of sp³-hybridized carbons (Fsp3) is 0.714. The van der Waals surface area contributed by atoms with Crippen LogP contribution in [0.15, 0.2) is 12.2 Å². The predicted octanol–water partition coefficient (Wildman–Crippen LogP) is 1.22. The average molecular weight is 130 g/mol. The molecule has 0 aromatic carbocycles. The molecule has 2 heteroatoms. The highest BCUT2D eigenvalue weighted by Gasteiger charge is 1.87. The summed E-state index contributed by atoms with van der Waals surface area (Å²) < 4.78 is 9.75. The van der Waals surface area contributed by atoms with Gasteiger partial charge in [0.15, 0.2) is 0 Å². The zero-order valence-corrected chi connectivity index (χ0v) is 6.26. The molecule has 0 heterocycles. The minimum Gasteiger partial charge on any atom is -0.381 e. The van der Waals surface area contributed by atoms with E-state index in [-0.39, 0.29) is 6.10 Å². The fourth-order valence-electron chi connectivity index (χ4n) is 0.422. The standard InChI is InChI=1S/C7H14O2/c1-7(9-3)5-4-6-8-2/h4-5,7H,6H2,1-3H3/b5-4+. The molecule has 0 saturated heterocycles. The van der Waals surface area contributed by atoms with Crippen molar-refractivity contribution < 1.29 is 9.47 Å². The van der Waals surface area contributed by atoms with Crippen molar-refractivity contribution in [2.75, 3.05) is 20.8 Å². The molecule has 54 valence electrons. The number of hydrogen-bond donors (Lipinski definition) is 0. The SMILES string of the molecule is COC/C=C/C(C)OC. The van der Waals surface area contributed by atoms with Gasteiger partial charge in [-0.05, 0) is 6.92 Å². The lowest BCUT2D eigenvalue weighted by molar-refractivity contribution is 0.155. The van der Waals surface area contributed by atoms with E-state index in [1.807, 2.05) is 19.1 Å². The smallest absolute Gasteiger partial charge is 0.0724 e. The number of methoxy groups -OCH3 is 2. The van der Waals surface area contributed by atoms with Crippen molar-refractivity contribution >= 4 is 0 Å². The summed E-state index contributed by atoms with van der Waals surface area (Å²) in [5, 5.41) is 0. The molecule has 1 atom stereocenters. The van der Waals surface area contributed by atoms with Crippen molar-refractivity contribution in [3.05, 3.63) is 12.2 Å². The Bertz CT molecular complexity index is 79.0. The molecule has 0 aromatic rings. The Morgan fingerprint density at radius 1 is 1.44 bits per heavy atom. The maximum absolute atomic E-state index is 4.95. The Morgan fingerprint density at radius 2 is 2.11 bits per heavy atom. The largest absolute Gasteiger partial charge is 0.381 e. The lowest BCUT2D eigenvalue weighted by Gasteiger charge is -2.00. The molecular formula is C7H14O2. The van der Waals surface area contributed by atoms with Gasteiger partial charge >= 0.3 is 0 Å². The van der Waals surface area contributed by atoms with Crippen LogP contribution in [0.2, 0.25) is 0 Å². The summed E-state index contributed by atoms with van der Waals surface area (Å²) in [5.41, 5.74) is 0. The molecule has 0 aliphatic carbocycles. The first kappa shape index (κ1) is 8.66. The van der Waals surface area contributed by atoms with Gasteiger partial charge in [-0.2, -0.15) is 0 Å². The third-order valence-electron chi connectivity index (χ3n) is 1.04. The Kier molecular flexibility index (Phi) is 5.57. The highest BCUT2D eigenvalue weighted by Crippen LogP contribution is 1.88. The second-order valence-electron chi connectivity index (χ2n) is 1.82. The monoisotopic (exact) mass is 130 g/mol. The van der Waals surface area contributed by atoms with Crippen molar-refractivity contribution in [3.8, 4) is 0 Å². The summed E-state index contributed by atoms with van der Waals surface area (Å²) in [6.07, 6.45) is 4.10. The molecule has 0 saturated carbocycles. The molecule has 0 aliphatic rings. The first-order valence-electron chi connectivity index (χ1n) is 2.99. The van der Waals surface area contributed by atoms with Gasteiger partial charge in [0.1, 0.15) is 0 Å². The molecule has 9 heavy (non-hydrogen) atoms. The Balaban J connectivity index is 3.20. The summed E-state index contributed by atoms with van der Waals surface area (Å²) in [6, 6.07) is 0. The van der Waals surface area contributed by atoms with E-state index in [9.17, 15) is 0 Å². The van der Waals surface area contributed by atoms with Gasteiger partial charge in [0, 0.05) is 14.2 Å². The van der Waals surface area contributed by atoms with Crippen LogP contribution in [0.5, 0.6) is 0 Å². The summed E-state index contributed by atoms with van der Waals surface area (Å²) in [6.45, 7) is 2.64. The van der Waals surface area contributed by atoms with E-state index < -0.39 is 0 Å². The van der Waals surface area contributed by atoms with Crippen molar-refractivity contribution in [1.82, 2.24) is 0 Å². The number of ether oxygens (including phenoxy) is 2. The van der Waals surface area contributed by atoms with Crippen LogP contribution in [-0.4, -0.2) is 26.9 Å². The molecular weight excluding hydrogens is 116 g/mol. The third-order valence-corrected chi connectivity index (χ3v) is 1.04. The van der Waals surface area contributed by atoms with E-state index in [2.05, 4.69) is 0 Å². The summed E-state index contributed by atoms with van der Waals surface area (Å²) in [7, 11) is 3.35. The zero-order valence-electron chi connectivity index (χ0n) is 6.26. The molecule has 1 unspecified atom stereocenters. The zero-order chi connectivity index (χ0) is 7.11. The molecule has 2 nitrogen and oxygen atoms in total. The van der Waals surface area contributed by atoms with Crippen molar-refractivity contribution in [2.24, 2.45) is 0 Å². The molecule has 0 N–H and O–H groups in total. The van der Waals surface area contributed by atoms with E-state index in [0.717, 1.165) is 0 Å². The van der Waals surface area contributed by atoms with Gasteiger partial charge in [-0.25, -0.2) is 0 Å². The lowest BCUT2D eigenvalue weighted by Crippen LogP contribution is -1.99. The Morgan fingerprint density at radius 3 is 2.56 bits per heavy atom. The van der Waals surface area contributed by atoms with E-state index in [0.29, 0.717) is 6.61 Å². The molecule has 0 radical (unpaired) electrons. The molecule has 0 fully saturated rings. The van der Waals surface area contributed by atoms with Crippen molar-refractivity contribution in [3.63, 3.8) is 0 Å². The Labute approximate surface area is 56.5 Å². The first-order chi connectivity index (χ1) is 4.31. The van der Waals surface area contributed by atoms with Gasteiger partial charge in [-0.15, -0.1) is 0 Å². The quantitative estimate of drug-likeness (QED) is 0.533. The number of hydrogen-bond acceptors (Lipinski definition) is 2. The molecule has 0 aliphatic heterocycles. The number of rotatable bonds is 4. The van der Waals surface area contributed by atoms with Crippen molar-refractivity contribution in [2.45, 2.75) is 13.0 Å². The average Bonchev–Trinajstić information content (AvgIpc) is 1.89. The van der Waals surface area contributed by atoms with E-state index in [1.165, 1.54) is 0 Å². The second-order valence-corrected chi connectivity index (χ2v) is 1.82. The maximum Gasteiger partial charge on any atom is 0.0724 e. The summed E-state index contributed by atoms with van der Waals surface area (Å²) >= 11 is 0. The van der Waals surface area contributed by atoms with Gasteiger partial charge in [-0.3, -0.25) is 0 Å². The molecule has 0 amide bonds. The van der Waals surface area contributed by atoms with Crippen LogP contribution in [0.1, 0.15) is 6.92 Å². The van der Waals surface area contributed by atoms with E-state index in [1.54, 1.807) is 14.2 Å². The molecule has 0 aromatic heterocycles. The van der Waals surface area contributed by atoms with Gasteiger partial charge < -0.3 is 9.47 Å². The molecule has 0 rings (SSSR count). The summed E-state index contributed by atoms with van der Waals surface area (Å²) in [5.74, 6) is 0. The first-order valence-corrected chi connectivity index (χ1v) is 2.99. The van der Waals surface area contributed by atoms with Crippen LogP contribution in [0.4, 0.5) is 0 Å². The minimum atomic E-state index is 0.195. The highest BCUT2D eigenvalue weighted by molar-refractivity contribution is 4.86. The maximum atomic E-state index is 4.95. The van der Waals surface area contributed by atoms with Gasteiger partial charge in [0.2, 0.25) is 0 Å². The predicted molar refractivity (Wildman–Crippen MR) is 37.5 cm³/mol. The van der Waals surface area contributed by atoms with Gasteiger partial charge in [-0.1, -0.05) is 12.2 Å². The lowest BCUT2D eigenvalue weighted by atomic mass is 10.3. The summed E-state index contributed by atoms with van der Waals surface area (Å²) in [4.78, 5) is 0. The fourth-order valence-corrected chi connectivity index (χ4v) is 0.422. The molecule has 0 spiro atoms. The second kappa shape index (κ2) is 5.79. The molecule has 0 bridgehead atoms. The normalized spacial score (nSPS) is 14.6. The highest BCUT2D eigenvalue weighted by atomic mass is 16.5.